The first-order valence-electron chi connectivity index (χ1n) is 8.19. The number of anilines is 1. The molecule has 0 amide bonds. The molecular weight excluding hydrogens is 318 g/mol. The third-order valence-electron chi connectivity index (χ3n) is 4.13. The molecule has 0 aliphatic carbocycles. The lowest BCUT2D eigenvalue weighted by atomic mass is 10.1. The Morgan fingerprint density at radius 3 is 2.92 bits per heavy atom. The number of rotatable bonds is 2. The average molecular weight is 339 g/mol. The third-order valence-corrected chi connectivity index (χ3v) is 4.13. The largest absolute Gasteiger partial charge is 0.483 e. The second kappa shape index (κ2) is 7.76. The van der Waals surface area contributed by atoms with Crippen LogP contribution in [0.25, 0.3) is 16.8 Å². The zero-order valence-corrected chi connectivity index (χ0v) is 14.0. The number of carboxylic acid groups (broad SMARTS) is 1. The van der Waals surface area contributed by atoms with Gasteiger partial charge >= 0.3 is 0 Å². The van der Waals surface area contributed by atoms with Crippen LogP contribution in [0.4, 0.5) is 5.82 Å². The summed E-state index contributed by atoms with van der Waals surface area (Å²) in [5.74, 6) is 1.04. The Kier molecular flexibility index (Phi) is 5.25. The highest BCUT2D eigenvalue weighted by molar-refractivity contribution is 5.78. The van der Waals surface area contributed by atoms with E-state index in [1.165, 1.54) is 0 Å². The molecule has 0 unspecified atom stereocenters. The molecule has 1 saturated heterocycles. The Hall–Kier alpha value is -2.93. The minimum absolute atomic E-state index is 0.250. The predicted molar refractivity (Wildman–Crippen MR) is 96.8 cm³/mol. The fraction of sp³-hybridized carbons (Fsp3) is 0.278. The maximum absolute atomic E-state index is 8.36. The molecule has 2 N–H and O–H groups in total. The van der Waals surface area contributed by atoms with E-state index >= 15 is 0 Å². The molecule has 1 aliphatic heterocycles. The van der Waals surface area contributed by atoms with Crippen LogP contribution in [-0.2, 0) is 4.79 Å². The normalized spacial score (nSPS) is 17.0. The molecule has 1 aliphatic rings. The molecule has 0 bridgehead atoms. The topological polar surface area (TPSA) is 82.8 Å². The lowest BCUT2D eigenvalue weighted by Gasteiger charge is -2.32. The van der Waals surface area contributed by atoms with Gasteiger partial charge in [-0.3, -0.25) is 4.79 Å². The first-order valence-corrected chi connectivity index (χ1v) is 8.19. The number of hydrogen-bond donors (Lipinski definition) is 2. The van der Waals surface area contributed by atoms with E-state index in [0.29, 0.717) is 6.04 Å². The fourth-order valence-corrected chi connectivity index (χ4v) is 3.02. The van der Waals surface area contributed by atoms with Gasteiger partial charge in [-0.25, -0.2) is 9.50 Å². The van der Waals surface area contributed by atoms with Gasteiger partial charge in [0, 0.05) is 37.4 Å². The third kappa shape index (κ3) is 3.77. The lowest BCUT2D eigenvalue weighted by Crippen LogP contribution is -2.49. The molecule has 7 nitrogen and oxygen atoms in total. The number of piperazine rings is 1. The number of nitrogens with zero attached hydrogens (tertiary/aromatic N) is 4. The molecule has 7 heteroatoms. The molecule has 0 spiro atoms. The quantitative estimate of drug-likeness (QED) is 0.694. The summed E-state index contributed by atoms with van der Waals surface area (Å²) in [6.07, 6.45) is 3.85. The molecule has 130 valence electrons. The number of aromatic nitrogens is 3. The summed E-state index contributed by atoms with van der Waals surface area (Å²) in [5, 5.41) is 14.8. The van der Waals surface area contributed by atoms with Crippen molar-refractivity contribution in [3.63, 3.8) is 0 Å². The first-order chi connectivity index (χ1) is 12.2. The van der Waals surface area contributed by atoms with Crippen LogP contribution < -0.4 is 10.2 Å². The van der Waals surface area contributed by atoms with Gasteiger partial charge in [0.15, 0.2) is 0 Å². The van der Waals surface area contributed by atoms with Crippen molar-refractivity contribution in [2.45, 2.75) is 13.0 Å². The van der Waals surface area contributed by atoms with E-state index in [9.17, 15) is 0 Å². The highest BCUT2D eigenvalue weighted by Gasteiger charge is 2.17. The van der Waals surface area contributed by atoms with E-state index in [0.717, 1.165) is 42.2 Å². The molecule has 0 saturated carbocycles. The zero-order chi connectivity index (χ0) is 17.6. The smallest absolute Gasteiger partial charge is 0.290 e. The van der Waals surface area contributed by atoms with Crippen molar-refractivity contribution in [1.29, 1.82) is 0 Å². The lowest BCUT2D eigenvalue weighted by molar-refractivity contribution is -0.122. The van der Waals surface area contributed by atoms with Crippen LogP contribution in [0.3, 0.4) is 0 Å². The number of nitrogens with one attached hydrogen (secondary N) is 1. The molecule has 1 fully saturated rings. The second-order valence-electron chi connectivity index (χ2n) is 5.88. The Bertz CT molecular complexity index is 848. The van der Waals surface area contributed by atoms with E-state index in [1.807, 2.05) is 29.0 Å². The minimum Gasteiger partial charge on any atom is -0.483 e. The molecule has 25 heavy (non-hydrogen) atoms. The highest BCUT2D eigenvalue weighted by atomic mass is 16.3. The van der Waals surface area contributed by atoms with Crippen molar-refractivity contribution < 1.29 is 9.90 Å². The Morgan fingerprint density at radius 2 is 2.12 bits per heavy atom. The highest BCUT2D eigenvalue weighted by Crippen LogP contribution is 2.25. The van der Waals surface area contributed by atoms with E-state index in [2.05, 4.69) is 46.5 Å². The molecule has 3 aromatic heterocycles. The van der Waals surface area contributed by atoms with Crippen LogP contribution in [0.1, 0.15) is 6.92 Å². The average Bonchev–Trinajstić information content (AvgIpc) is 3.07. The molecule has 4 rings (SSSR count). The molecular formula is C18H21N5O2. The summed E-state index contributed by atoms with van der Waals surface area (Å²) in [5.41, 5.74) is 3.14. The Balaban J connectivity index is 0.000000569. The van der Waals surface area contributed by atoms with Crippen molar-refractivity contribution >= 4 is 17.8 Å². The zero-order valence-electron chi connectivity index (χ0n) is 14.0. The van der Waals surface area contributed by atoms with Crippen LogP contribution >= 0.6 is 0 Å². The second-order valence-corrected chi connectivity index (χ2v) is 5.88. The number of pyridine rings is 2. The van der Waals surface area contributed by atoms with Gasteiger partial charge in [-0.1, -0.05) is 12.1 Å². The van der Waals surface area contributed by atoms with Gasteiger partial charge in [-0.15, -0.1) is 0 Å². The van der Waals surface area contributed by atoms with Crippen LogP contribution in [0.2, 0.25) is 0 Å². The monoisotopic (exact) mass is 339 g/mol. The van der Waals surface area contributed by atoms with Gasteiger partial charge in [0.1, 0.15) is 5.82 Å². The van der Waals surface area contributed by atoms with Gasteiger partial charge in [0.25, 0.3) is 6.47 Å². The van der Waals surface area contributed by atoms with Crippen molar-refractivity contribution in [2.75, 3.05) is 24.5 Å². The van der Waals surface area contributed by atoms with Crippen LogP contribution in [0.15, 0.2) is 48.8 Å². The van der Waals surface area contributed by atoms with Crippen molar-refractivity contribution in [2.24, 2.45) is 0 Å². The van der Waals surface area contributed by atoms with Crippen LogP contribution in [0, 0.1) is 0 Å². The maximum Gasteiger partial charge on any atom is 0.290 e. The van der Waals surface area contributed by atoms with Gasteiger partial charge in [0.2, 0.25) is 0 Å². The standard InChI is InChI=1S/C17H19N5.CH2O2/c1-13-12-21(10-8-18-13)17-7-4-5-15(20-17)14-11-19-22-9-3-2-6-16(14)22;2-1-3/h2-7,9,11,13,18H,8,10,12H2,1H3;1H,(H,2,3)/t13-;/m1./s1. The summed E-state index contributed by atoms with van der Waals surface area (Å²) in [4.78, 5) is 15.6. The van der Waals surface area contributed by atoms with Gasteiger partial charge in [-0.2, -0.15) is 5.10 Å². The first kappa shape index (κ1) is 16.9. The Morgan fingerprint density at radius 1 is 1.28 bits per heavy atom. The summed E-state index contributed by atoms with van der Waals surface area (Å²) in [6, 6.07) is 12.8. The van der Waals surface area contributed by atoms with Gasteiger partial charge in [-0.05, 0) is 31.2 Å². The Labute approximate surface area is 145 Å². The van der Waals surface area contributed by atoms with Crippen molar-refractivity contribution in [3.8, 4) is 11.3 Å². The fourth-order valence-electron chi connectivity index (χ4n) is 3.02. The predicted octanol–water partition coefficient (Wildman–Crippen LogP) is 1.90. The number of fused-ring (bicyclic) bond motifs is 1. The van der Waals surface area contributed by atoms with Gasteiger partial charge in [0.05, 0.1) is 17.4 Å². The molecule has 0 radical (unpaired) electrons. The molecule has 1 atom stereocenters. The summed E-state index contributed by atoms with van der Waals surface area (Å²) < 4.78 is 1.89. The summed E-state index contributed by atoms with van der Waals surface area (Å²) >= 11 is 0. The minimum atomic E-state index is -0.250. The van der Waals surface area contributed by atoms with E-state index in [1.54, 1.807) is 0 Å². The van der Waals surface area contributed by atoms with Crippen LogP contribution in [-0.4, -0.2) is 51.9 Å². The summed E-state index contributed by atoms with van der Waals surface area (Å²) in [6.45, 7) is 4.95. The van der Waals surface area contributed by atoms with Crippen molar-refractivity contribution in [3.05, 3.63) is 48.8 Å². The maximum atomic E-state index is 8.36. The van der Waals surface area contributed by atoms with E-state index in [-0.39, 0.29) is 6.47 Å². The van der Waals surface area contributed by atoms with Crippen molar-refractivity contribution in [1.82, 2.24) is 19.9 Å². The number of hydrogen-bond acceptors (Lipinski definition) is 5. The van der Waals surface area contributed by atoms with Gasteiger partial charge < -0.3 is 15.3 Å². The molecule has 4 heterocycles. The molecule has 3 aromatic rings. The molecule has 0 aromatic carbocycles. The number of carbonyl (C=O) groups is 1. The van der Waals surface area contributed by atoms with E-state index < -0.39 is 0 Å². The van der Waals surface area contributed by atoms with Crippen LogP contribution in [0.5, 0.6) is 0 Å². The SMILES string of the molecule is C[C@@H]1CN(c2cccc(-c3cnn4ccccc34)n2)CCN1.O=CO. The summed E-state index contributed by atoms with van der Waals surface area (Å²) in [7, 11) is 0. The van der Waals surface area contributed by atoms with E-state index in [4.69, 9.17) is 14.9 Å².